The van der Waals surface area contributed by atoms with E-state index < -0.39 is 0 Å². The van der Waals surface area contributed by atoms with Crippen LogP contribution in [-0.4, -0.2) is 24.9 Å². The molecule has 15 heavy (non-hydrogen) atoms. The maximum Gasteiger partial charge on any atom is 0.161 e. The number of ether oxygens (including phenoxy) is 2. The SMILES string of the molecule is CCCCOCCOc1ccccc1O. The quantitative estimate of drug-likeness (QED) is 0.703. The van der Waals surface area contributed by atoms with Crippen LogP contribution in [-0.2, 0) is 4.74 Å². The fraction of sp³-hybridized carbons (Fsp3) is 0.500. The fourth-order valence-corrected chi connectivity index (χ4v) is 1.14. The second-order valence-electron chi connectivity index (χ2n) is 3.28. The molecule has 0 aliphatic heterocycles. The summed E-state index contributed by atoms with van der Waals surface area (Å²) in [6.45, 7) is 3.94. The summed E-state index contributed by atoms with van der Waals surface area (Å²) >= 11 is 0. The molecule has 0 fully saturated rings. The molecular formula is C12H18O3. The first kappa shape index (κ1) is 11.9. The fourth-order valence-electron chi connectivity index (χ4n) is 1.14. The van der Waals surface area contributed by atoms with E-state index >= 15 is 0 Å². The van der Waals surface area contributed by atoms with Gasteiger partial charge in [0.2, 0.25) is 0 Å². The van der Waals surface area contributed by atoms with Crippen molar-refractivity contribution >= 4 is 0 Å². The molecule has 0 radical (unpaired) electrons. The zero-order valence-corrected chi connectivity index (χ0v) is 9.11. The molecule has 0 bridgehead atoms. The Bertz CT molecular complexity index is 273. The molecule has 0 heterocycles. The molecule has 0 saturated heterocycles. The van der Waals surface area contributed by atoms with E-state index in [2.05, 4.69) is 6.92 Å². The second-order valence-corrected chi connectivity index (χ2v) is 3.28. The number of benzene rings is 1. The smallest absolute Gasteiger partial charge is 0.161 e. The highest BCUT2D eigenvalue weighted by Crippen LogP contribution is 2.23. The van der Waals surface area contributed by atoms with Gasteiger partial charge >= 0.3 is 0 Å². The highest BCUT2D eigenvalue weighted by molar-refractivity contribution is 5.37. The average molecular weight is 210 g/mol. The summed E-state index contributed by atoms with van der Waals surface area (Å²) in [6, 6.07) is 6.93. The van der Waals surface area contributed by atoms with Crippen LogP contribution in [0.1, 0.15) is 19.8 Å². The first-order chi connectivity index (χ1) is 7.34. The van der Waals surface area contributed by atoms with Gasteiger partial charge in [-0.1, -0.05) is 25.5 Å². The van der Waals surface area contributed by atoms with Gasteiger partial charge in [0.25, 0.3) is 0 Å². The van der Waals surface area contributed by atoms with E-state index in [4.69, 9.17) is 9.47 Å². The van der Waals surface area contributed by atoms with E-state index in [-0.39, 0.29) is 5.75 Å². The van der Waals surface area contributed by atoms with Crippen molar-refractivity contribution < 1.29 is 14.6 Å². The minimum atomic E-state index is 0.172. The normalized spacial score (nSPS) is 10.2. The van der Waals surface area contributed by atoms with Crippen LogP contribution in [0.2, 0.25) is 0 Å². The van der Waals surface area contributed by atoms with Crippen molar-refractivity contribution in [2.24, 2.45) is 0 Å². The predicted molar refractivity (Wildman–Crippen MR) is 59.3 cm³/mol. The number of phenols is 1. The highest BCUT2D eigenvalue weighted by Gasteiger charge is 1.99. The number of para-hydroxylation sites is 2. The van der Waals surface area contributed by atoms with Crippen LogP contribution >= 0.6 is 0 Å². The second kappa shape index (κ2) is 7.12. The predicted octanol–water partition coefficient (Wildman–Crippen LogP) is 2.59. The Balaban J connectivity index is 2.12. The maximum absolute atomic E-state index is 9.39. The van der Waals surface area contributed by atoms with Gasteiger partial charge in [0.05, 0.1) is 6.61 Å². The average Bonchev–Trinajstić information content (AvgIpc) is 2.25. The van der Waals surface area contributed by atoms with Crippen molar-refractivity contribution in [2.45, 2.75) is 19.8 Å². The standard InChI is InChI=1S/C12H18O3/c1-2-3-8-14-9-10-15-12-7-5-4-6-11(12)13/h4-7,13H,2-3,8-10H2,1H3. The topological polar surface area (TPSA) is 38.7 Å². The number of phenolic OH excluding ortho intramolecular Hbond substituents is 1. The van der Waals surface area contributed by atoms with Crippen LogP contribution in [0.4, 0.5) is 0 Å². The van der Waals surface area contributed by atoms with Crippen molar-refractivity contribution in [3.8, 4) is 11.5 Å². The van der Waals surface area contributed by atoms with Gasteiger partial charge in [-0.25, -0.2) is 0 Å². The molecule has 0 aliphatic rings. The Hall–Kier alpha value is -1.22. The van der Waals surface area contributed by atoms with Crippen molar-refractivity contribution in [3.63, 3.8) is 0 Å². The van der Waals surface area contributed by atoms with Crippen LogP contribution in [0.15, 0.2) is 24.3 Å². The van der Waals surface area contributed by atoms with Crippen LogP contribution < -0.4 is 4.74 Å². The summed E-state index contributed by atoms with van der Waals surface area (Å²) in [7, 11) is 0. The maximum atomic E-state index is 9.39. The monoisotopic (exact) mass is 210 g/mol. The lowest BCUT2D eigenvalue weighted by molar-refractivity contribution is 0.0971. The Labute approximate surface area is 90.6 Å². The van der Waals surface area contributed by atoms with Gasteiger partial charge in [-0.05, 0) is 18.6 Å². The molecule has 0 unspecified atom stereocenters. The third kappa shape index (κ3) is 4.70. The van der Waals surface area contributed by atoms with Gasteiger partial charge in [0.1, 0.15) is 6.61 Å². The number of hydrogen-bond donors (Lipinski definition) is 1. The van der Waals surface area contributed by atoms with E-state index in [9.17, 15) is 5.11 Å². The molecule has 0 saturated carbocycles. The molecule has 3 nitrogen and oxygen atoms in total. The minimum Gasteiger partial charge on any atom is -0.504 e. The largest absolute Gasteiger partial charge is 0.504 e. The first-order valence-corrected chi connectivity index (χ1v) is 5.33. The summed E-state index contributed by atoms with van der Waals surface area (Å²) in [5.74, 6) is 0.683. The third-order valence-corrected chi connectivity index (χ3v) is 1.99. The van der Waals surface area contributed by atoms with Crippen LogP contribution in [0.5, 0.6) is 11.5 Å². The lowest BCUT2D eigenvalue weighted by Gasteiger charge is -2.07. The number of aromatic hydroxyl groups is 1. The molecular weight excluding hydrogens is 192 g/mol. The molecule has 1 aromatic rings. The lowest BCUT2D eigenvalue weighted by Crippen LogP contribution is -2.07. The molecule has 0 atom stereocenters. The van der Waals surface area contributed by atoms with Gasteiger partial charge in [-0.3, -0.25) is 0 Å². The van der Waals surface area contributed by atoms with Gasteiger partial charge in [0, 0.05) is 6.61 Å². The van der Waals surface area contributed by atoms with E-state index in [1.165, 1.54) is 0 Å². The van der Waals surface area contributed by atoms with Crippen LogP contribution in [0.25, 0.3) is 0 Å². The Morgan fingerprint density at radius 1 is 1.13 bits per heavy atom. The van der Waals surface area contributed by atoms with E-state index in [0.29, 0.717) is 19.0 Å². The van der Waals surface area contributed by atoms with Crippen molar-refractivity contribution in [1.82, 2.24) is 0 Å². The van der Waals surface area contributed by atoms with E-state index in [0.717, 1.165) is 19.4 Å². The summed E-state index contributed by atoms with van der Waals surface area (Å²) in [5, 5.41) is 9.39. The molecule has 1 aromatic carbocycles. The number of unbranched alkanes of at least 4 members (excludes halogenated alkanes) is 1. The third-order valence-electron chi connectivity index (χ3n) is 1.99. The molecule has 0 aliphatic carbocycles. The first-order valence-electron chi connectivity index (χ1n) is 5.33. The molecule has 3 heteroatoms. The highest BCUT2D eigenvalue weighted by atomic mass is 16.5. The lowest BCUT2D eigenvalue weighted by atomic mass is 10.3. The molecule has 0 amide bonds. The van der Waals surface area contributed by atoms with Crippen molar-refractivity contribution in [1.29, 1.82) is 0 Å². The number of rotatable bonds is 7. The van der Waals surface area contributed by atoms with Crippen LogP contribution in [0, 0.1) is 0 Å². The summed E-state index contributed by atoms with van der Waals surface area (Å²) in [6.07, 6.45) is 2.22. The molecule has 1 rings (SSSR count). The van der Waals surface area contributed by atoms with Crippen LogP contribution in [0.3, 0.4) is 0 Å². The van der Waals surface area contributed by atoms with Crippen molar-refractivity contribution in [3.05, 3.63) is 24.3 Å². The zero-order chi connectivity index (χ0) is 10.9. The summed E-state index contributed by atoms with van der Waals surface area (Å²) < 4.78 is 10.7. The Morgan fingerprint density at radius 3 is 2.67 bits per heavy atom. The molecule has 0 aromatic heterocycles. The Kier molecular flexibility index (Phi) is 5.63. The molecule has 0 spiro atoms. The van der Waals surface area contributed by atoms with E-state index in [1.54, 1.807) is 18.2 Å². The van der Waals surface area contributed by atoms with Gasteiger partial charge in [-0.15, -0.1) is 0 Å². The van der Waals surface area contributed by atoms with Gasteiger partial charge in [0.15, 0.2) is 11.5 Å². The summed E-state index contributed by atoms with van der Waals surface area (Å²) in [5.41, 5.74) is 0. The minimum absolute atomic E-state index is 0.172. The molecule has 1 N–H and O–H groups in total. The Morgan fingerprint density at radius 2 is 1.93 bits per heavy atom. The molecule has 84 valence electrons. The zero-order valence-electron chi connectivity index (χ0n) is 9.11. The van der Waals surface area contributed by atoms with Gasteiger partial charge in [-0.2, -0.15) is 0 Å². The van der Waals surface area contributed by atoms with E-state index in [1.807, 2.05) is 6.07 Å². The number of hydrogen-bond acceptors (Lipinski definition) is 3. The summed E-state index contributed by atoms with van der Waals surface area (Å²) in [4.78, 5) is 0. The van der Waals surface area contributed by atoms with Gasteiger partial charge < -0.3 is 14.6 Å². The van der Waals surface area contributed by atoms with Crippen molar-refractivity contribution in [2.75, 3.05) is 19.8 Å².